The number of rotatable bonds is 6. The molecule has 4 rings (SSSR count). The lowest BCUT2D eigenvalue weighted by molar-refractivity contribution is -0.123. The minimum Gasteiger partial charge on any atom is -0.489 e. The number of thioether (sulfide) groups is 1. The molecule has 1 saturated heterocycles. The van der Waals surface area contributed by atoms with Gasteiger partial charge in [-0.1, -0.05) is 96.3 Å². The molecule has 3 aromatic rings. The van der Waals surface area contributed by atoms with Crippen molar-refractivity contribution < 1.29 is 9.53 Å². The van der Waals surface area contributed by atoms with E-state index in [1.165, 1.54) is 17.3 Å². The first-order valence-corrected chi connectivity index (χ1v) is 11.3. The minimum absolute atomic E-state index is 0.0500. The smallest absolute Gasteiger partial charge is 0.266 e. The molecule has 0 aromatic heterocycles. The summed E-state index contributed by atoms with van der Waals surface area (Å²) in [5, 5.41) is 0. The van der Waals surface area contributed by atoms with Crippen molar-refractivity contribution in [1.82, 2.24) is 4.90 Å². The van der Waals surface area contributed by atoms with Gasteiger partial charge < -0.3 is 4.74 Å². The van der Waals surface area contributed by atoms with Crippen LogP contribution < -0.4 is 4.74 Å². The number of thiocarbonyl (C=S) groups is 1. The highest BCUT2D eigenvalue weighted by Gasteiger charge is 2.35. The quantitative estimate of drug-likeness (QED) is 0.318. The van der Waals surface area contributed by atoms with E-state index < -0.39 is 0 Å². The van der Waals surface area contributed by atoms with Crippen molar-refractivity contribution in [3.05, 3.63) is 106 Å². The molecule has 1 amide bonds. The SMILES string of the molecule is Cc1ccc(COc2ccc(/C=C3\SC(=S)N([C@@H](C)c4ccccc4)C3=O)cc2)cc1. The van der Waals surface area contributed by atoms with Crippen molar-refractivity contribution in [3.63, 3.8) is 0 Å². The molecule has 3 aromatic carbocycles. The predicted octanol–water partition coefficient (Wildman–Crippen LogP) is 6.54. The van der Waals surface area contributed by atoms with Gasteiger partial charge in [-0.2, -0.15) is 0 Å². The van der Waals surface area contributed by atoms with Gasteiger partial charge in [0, 0.05) is 0 Å². The molecule has 0 bridgehead atoms. The van der Waals surface area contributed by atoms with Crippen molar-refractivity contribution in [1.29, 1.82) is 0 Å². The van der Waals surface area contributed by atoms with Gasteiger partial charge in [0.2, 0.25) is 0 Å². The number of benzene rings is 3. The van der Waals surface area contributed by atoms with Gasteiger partial charge in [0.25, 0.3) is 5.91 Å². The Bertz CT molecular complexity index is 1110. The highest BCUT2D eigenvalue weighted by molar-refractivity contribution is 8.26. The van der Waals surface area contributed by atoms with Crippen molar-refractivity contribution in [2.75, 3.05) is 0 Å². The lowest BCUT2D eigenvalue weighted by atomic mass is 10.1. The summed E-state index contributed by atoms with van der Waals surface area (Å²) in [6, 6.07) is 25.9. The minimum atomic E-state index is -0.0999. The third kappa shape index (κ3) is 5.06. The summed E-state index contributed by atoms with van der Waals surface area (Å²) in [5.74, 6) is 0.744. The Morgan fingerprint density at radius 2 is 1.68 bits per heavy atom. The fourth-order valence-corrected chi connectivity index (χ4v) is 4.78. The molecule has 1 heterocycles. The van der Waals surface area contributed by atoms with Crippen LogP contribution in [0.2, 0.25) is 0 Å². The molecule has 3 nitrogen and oxygen atoms in total. The summed E-state index contributed by atoms with van der Waals surface area (Å²) in [4.78, 5) is 15.3. The predicted molar refractivity (Wildman–Crippen MR) is 132 cm³/mol. The van der Waals surface area contributed by atoms with Crippen LogP contribution in [0.4, 0.5) is 0 Å². The fraction of sp³-hybridized carbons (Fsp3) is 0.154. The molecular weight excluding hydrogens is 422 g/mol. The summed E-state index contributed by atoms with van der Waals surface area (Å²) < 4.78 is 6.46. The zero-order valence-electron chi connectivity index (χ0n) is 17.4. The van der Waals surface area contributed by atoms with Crippen LogP contribution in [0.3, 0.4) is 0 Å². The van der Waals surface area contributed by atoms with Crippen LogP contribution in [0.15, 0.2) is 83.8 Å². The Morgan fingerprint density at radius 1 is 1.00 bits per heavy atom. The molecule has 0 radical (unpaired) electrons. The number of carbonyl (C=O) groups excluding carboxylic acids is 1. The Balaban J connectivity index is 1.43. The number of hydrogen-bond donors (Lipinski definition) is 0. The van der Waals surface area contributed by atoms with E-state index in [-0.39, 0.29) is 11.9 Å². The molecule has 156 valence electrons. The van der Waals surface area contributed by atoms with E-state index >= 15 is 0 Å². The van der Waals surface area contributed by atoms with E-state index in [0.717, 1.165) is 22.4 Å². The summed E-state index contributed by atoms with van der Waals surface area (Å²) in [7, 11) is 0. The van der Waals surface area contributed by atoms with E-state index in [9.17, 15) is 4.79 Å². The van der Waals surface area contributed by atoms with Crippen LogP contribution in [0.1, 0.15) is 35.2 Å². The van der Waals surface area contributed by atoms with E-state index in [1.807, 2.05) is 67.6 Å². The average Bonchev–Trinajstić information content (AvgIpc) is 3.07. The second-order valence-electron chi connectivity index (χ2n) is 7.48. The van der Waals surface area contributed by atoms with Gasteiger partial charge in [-0.15, -0.1) is 0 Å². The van der Waals surface area contributed by atoms with E-state index in [0.29, 0.717) is 15.8 Å². The number of amides is 1. The lowest BCUT2D eigenvalue weighted by Gasteiger charge is -2.23. The molecule has 5 heteroatoms. The highest BCUT2D eigenvalue weighted by atomic mass is 32.2. The summed E-state index contributed by atoms with van der Waals surface area (Å²) in [5.41, 5.74) is 4.37. The number of carbonyl (C=O) groups is 1. The number of hydrogen-bond acceptors (Lipinski definition) is 4. The Hall–Kier alpha value is -2.89. The van der Waals surface area contributed by atoms with Gasteiger partial charge in [0.05, 0.1) is 10.9 Å². The largest absolute Gasteiger partial charge is 0.489 e. The third-order valence-electron chi connectivity index (χ3n) is 5.20. The van der Waals surface area contributed by atoms with E-state index in [4.69, 9.17) is 17.0 Å². The third-order valence-corrected chi connectivity index (χ3v) is 6.53. The van der Waals surface area contributed by atoms with E-state index in [1.54, 1.807) is 4.90 Å². The average molecular weight is 446 g/mol. The molecule has 0 N–H and O–H groups in total. The maximum absolute atomic E-state index is 13.0. The van der Waals surface area contributed by atoms with Gasteiger partial charge >= 0.3 is 0 Å². The maximum Gasteiger partial charge on any atom is 0.266 e. The second-order valence-corrected chi connectivity index (χ2v) is 9.16. The first-order valence-electron chi connectivity index (χ1n) is 10.1. The van der Waals surface area contributed by atoms with Gasteiger partial charge in [-0.3, -0.25) is 9.69 Å². The topological polar surface area (TPSA) is 29.5 Å². The van der Waals surface area contributed by atoms with Gasteiger partial charge in [-0.05, 0) is 48.7 Å². The molecule has 0 spiro atoms. The zero-order chi connectivity index (χ0) is 21.8. The molecule has 1 fully saturated rings. The molecule has 1 aliphatic heterocycles. The standard InChI is InChI=1S/C26H23NO2S2/c1-18-8-10-21(11-9-18)17-29-23-14-12-20(13-15-23)16-24-25(28)27(26(30)31-24)19(2)22-6-4-3-5-7-22/h3-16,19H,17H2,1-2H3/b24-16-/t19-/m0/s1. The Morgan fingerprint density at radius 3 is 2.35 bits per heavy atom. The monoisotopic (exact) mass is 445 g/mol. The van der Waals surface area contributed by atoms with Crippen molar-refractivity contribution in [2.24, 2.45) is 0 Å². The molecule has 0 aliphatic carbocycles. The second kappa shape index (κ2) is 9.50. The molecule has 31 heavy (non-hydrogen) atoms. The first-order chi connectivity index (χ1) is 15.0. The number of nitrogens with zero attached hydrogens (tertiary/aromatic N) is 1. The van der Waals surface area contributed by atoms with Crippen LogP contribution in [-0.2, 0) is 11.4 Å². The van der Waals surface area contributed by atoms with Crippen molar-refractivity contribution in [3.8, 4) is 5.75 Å². The molecular formula is C26H23NO2S2. The molecule has 0 saturated carbocycles. The normalized spacial score (nSPS) is 16.1. The summed E-state index contributed by atoms with van der Waals surface area (Å²) >= 11 is 6.85. The molecule has 0 unspecified atom stereocenters. The maximum atomic E-state index is 13.0. The van der Waals surface area contributed by atoms with Gasteiger partial charge in [0.1, 0.15) is 16.7 Å². The van der Waals surface area contributed by atoms with Gasteiger partial charge in [-0.25, -0.2) is 0 Å². The summed E-state index contributed by atoms with van der Waals surface area (Å²) in [6.45, 7) is 4.60. The van der Waals surface area contributed by atoms with Crippen LogP contribution in [0.25, 0.3) is 6.08 Å². The van der Waals surface area contributed by atoms with E-state index in [2.05, 4.69) is 31.2 Å². The highest BCUT2D eigenvalue weighted by Crippen LogP contribution is 2.38. The summed E-state index contributed by atoms with van der Waals surface area (Å²) in [6.07, 6.45) is 1.89. The van der Waals surface area contributed by atoms with Crippen LogP contribution in [0.5, 0.6) is 5.75 Å². The molecule has 1 aliphatic rings. The number of aryl methyl sites for hydroxylation is 1. The number of ether oxygens (including phenoxy) is 1. The zero-order valence-corrected chi connectivity index (χ0v) is 19.1. The van der Waals surface area contributed by atoms with Crippen molar-refractivity contribution in [2.45, 2.75) is 26.5 Å². The van der Waals surface area contributed by atoms with Crippen molar-refractivity contribution >= 4 is 40.3 Å². The van der Waals surface area contributed by atoms with Crippen LogP contribution in [0, 0.1) is 6.92 Å². The van der Waals surface area contributed by atoms with Crippen LogP contribution in [-0.4, -0.2) is 15.1 Å². The lowest BCUT2D eigenvalue weighted by Crippen LogP contribution is -2.30. The Labute approximate surface area is 192 Å². The first kappa shape index (κ1) is 21.3. The van der Waals surface area contributed by atoms with Gasteiger partial charge in [0.15, 0.2) is 0 Å². The Kier molecular flexibility index (Phi) is 6.54. The molecule has 1 atom stereocenters. The van der Waals surface area contributed by atoms with Crippen LogP contribution >= 0.6 is 24.0 Å². The fourth-order valence-electron chi connectivity index (χ4n) is 3.36.